The summed E-state index contributed by atoms with van der Waals surface area (Å²) in [5, 5.41) is 13.7. The molecule has 0 radical (unpaired) electrons. The van der Waals surface area contributed by atoms with Crippen LogP contribution < -0.4 is 15.0 Å². The lowest BCUT2D eigenvalue weighted by atomic mass is 10.1. The third kappa shape index (κ3) is 3.83. The van der Waals surface area contributed by atoms with Crippen molar-refractivity contribution in [3.8, 4) is 5.75 Å². The molecule has 0 unspecified atom stereocenters. The van der Waals surface area contributed by atoms with Gasteiger partial charge in [0.25, 0.3) is 5.91 Å². The zero-order valence-corrected chi connectivity index (χ0v) is 16.8. The summed E-state index contributed by atoms with van der Waals surface area (Å²) in [5.41, 5.74) is 5.30. The van der Waals surface area contributed by atoms with E-state index in [0.29, 0.717) is 18.0 Å². The Labute approximate surface area is 179 Å². The second-order valence-electron chi connectivity index (χ2n) is 7.45. The Morgan fingerprint density at radius 3 is 2.90 bits per heavy atom. The highest BCUT2D eigenvalue weighted by atomic mass is 16.5. The van der Waals surface area contributed by atoms with Gasteiger partial charge >= 0.3 is 0 Å². The molecule has 156 valence electrons. The molecule has 5 rings (SSSR count). The number of nitrogens with zero attached hydrogens (tertiary/aromatic N) is 2. The van der Waals surface area contributed by atoms with E-state index in [2.05, 4.69) is 27.4 Å². The van der Waals surface area contributed by atoms with Crippen molar-refractivity contribution in [2.45, 2.75) is 13.0 Å². The van der Waals surface area contributed by atoms with Gasteiger partial charge in [-0.15, -0.1) is 0 Å². The zero-order valence-electron chi connectivity index (χ0n) is 16.8. The fraction of sp³-hybridized carbons (Fsp3) is 0.167. The second kappa shape index (κ2) is 8.12. The third-order valence-electron chi connectivity index (χ3n) is 5.45. The van der Waals surface area contributed by atoms with E-state index >= 15 is 0 Å². The van der Waals surface area contributed by atoms with E-state index in [-0.39, 0.29) is 19.1 Å². The summed E-state index contributed by atoms with van der Waals surface area (Å²) in [7, 11) is 0. The van der Waals surface area contributed by atoms with Gasteiger partial charge in [-0.1, -0.05) is 18.2 Å². The summed E-state index contributed by atoms with van der Waals surface area (Å²) in [5.74, 6) is 0.620. The predicted octanol–water partition coefficient (Wildman–Crippen LogP) is 3.77. The monoisotopic (exact) mass is 414 g/mol. The number of hydrogen-bond acceptors (Lipinski definition) is 5. The first-order chi connectivity index (χ1) is 15.2. The largest absolute Gasteiger partial charge is 0.481 e. The maximum Gasteiger partial charge on any atom is 0.265 e. The first kappa shape index (κ1) is 19.1. The van der Waals surface area contributed by atoms with Crippen LogP contribution in [0.5, 0.6) is 5.75 Å². The number of hydrogen-bond donors (Lipinski definition) is 3. The molecule has 3 heterocycles. The highest BCUT2D eigenvalue weighted by Crippen LogP contribution is 2.35. The van der Waals surface area contributed by atoms with Crippen molar-refractivity contribution in [1.82, 2.24) is 9.97 Å². The first-order valence-corrected chi connectivity index (χ1v) is 10.2. The van der Waals surface area contributed by atoms with Crippen LogP contribution in [0.2, 0.25) is 0 Å². The molecule has 31 heavy (non-hydrogen) atoms. The highest BCUT2D eigenvalue weighted by Gasteiger charge is 2.25. The highest BCUT2D eigenvalue weighted by molar-refractivity contribution is 5.98. The summed E-state index contributed by atoms with van der Waals surface area (Å²) >= 11 is 0. The number of H-pyrrole nitrogens is 1. The van der Waals surface area contributed by atoms with Crippen molar-refractivity contribution < 1.29 is 14.6 Å². The molecule has 3 N–H and O–H groups in total. The molecule has 7 nitrogen and oxygen atoms in total. The molecule has 0 atom stereocenters. The molecule has 1 aliphatic rings. The number of anilines is 3. The summed E-state index contributed by atoms with van der Waals surface area (Å²) in [6.45, 7) is 0.485. The normalized spacial score (nSPS) is 13.2. The van der Waals surface area contributed by atoms with E-state index in [1.54, 1.807) is 17.2 Å². The van der Waals surface area contributed by atoms with E-state index in [9.17, 15) is 9.90 Å². The van der Waals surface area contributed by atoms with Gasteiger partial charge in [0.2, 0.25) is 0 Å². The maximum absolute atomic E-state index is 12.6. The smallest absolute Gasteiger partial charge is 0.265 e. The quantitative estimate of drug-likeness (QED) is 0.447. The maximum atomic E-state index is 12.6. The number of amides is 1. The van der Waals surface area contributed by atoms with Crippen LogP contribution in [0.3, 0.4) is 0 Å². The number of carbonyl (C=O) groups excluding carboxylic acids is 1. The Balaban J connectivity index is 1.35. The number of benzene rings is 2. The molecule has 2 aromatic carbocycles. The van der Waals surface area contributed by atoms with Gasteiger partial charge in [-0.05, 0) is 42.3 Å². The van der Waals surface area contributed by atoms with Crippen LogP contribution in [0.4, 0.5) is 17.1 Å². The van der Waals surface area contributed by atoms with Gasteiger partial charge in [0, 0.05) is 47.3 Å². The van der Waals surface area contributed by atoms with Crippen LogP contribution in [0.1, 0.15) is 11.3 Å². The van der Waals surface area contributed by atoms with E-state index in [1.165, 1.54) is 10.9 Å². The molecule has 0 saturated carbocycles. The van der Waals surface area contributed by atoms with Crippen LogP contribution in [0.25, 0.3) is 10.9 Å². The predicted molar refractivity (Wildman–Crippen MR) is 120 cm³/mol. The van der Waals surface area contributed by atoms with Crippen LogP contribution in [-0.2, 0) is 17.8 Å². The molecular weight excluding hydrogens is 392 g/mol. The molecule has 1 amide bonds. The fourth-order valence-corrected chi connectivity index (χ4v) is 3.91. The number of fused-ring (bicyclic) bond motifs is 2. The van der Waals surface area contributed by atoms with E-state index in [4.69, 9.17) is 4.74 Å². The van der Waals surface area contributed by atoms with Gasteiger partial charge < -0.3 is 25.0 Å². The minimum atomic E-state index is -0.115. The van der Waals surface area contributed by atoms with Crippen molar-refractivity contribution in [2.75, 3.05) is 23.4 Å². The summed E-state index contributed by atoms with van der Waals surface area (Å²) < 4.78 is 5.71. The standard InChI is InChI=1S/C24H22N4O3/c29-14-19-11-18(7-9-25-19)27-17-5-6-22-23(12-17)31-15-24(30)28(22)10-8-16-13-26-21-4-2-1-3-20(16)21/h1-7,9,11-13,26,29H,8,10,14-15H2,(H,25,27). The molecule has 4 aromatic rings. The Hall–Kier alpha value is -3.84. The molecule has 0 aliphatic carbocycles. The Bertz CT molecular complexity index is 1250. The second-order valence-corrected chi connectivity index (χ2v) is 7.45. The molecule has 7 heteroatoms. The van der Waals surface area contributed by atoms with E-state index in [1.807, 2.05) is 42.6 Å². The minimum absolute atomic E-state index is 0.0221. The molecule has 1 aliphatic heterocycles. The number of rotatable bonds is 6. The van der Waals surface area contributed by atoms with Gasteiger partial charge in [0.05, 0.1) is 18.0 Å². The molecular formula is C24H22N4O3. The molecule has 0 fully saturated rings. The first-order valence-electron chi connectivity index (χ1n) is 10.2. The summed E-state index contributed by atoms with van der Waals surface area (Å²) in [4.78, 5) is 21.7. The number of ether oxygens (including phenoxy) is 1. The van der Waals surface area contributed by atoms with Crippen molar-refractivity contribution in [2.24, 2.45) is 0 Å². The van der Waals surface area contributed by atoms with Gasteiger partial charge in [0.1, 0.15) is 5.75 Å². The Morgan fingerprint density at radius 2 is 2.00 bits per heavy atom. The number of aliphatic hydroxyl groups is 1. The summed E-state index contributed by atoms with van der Waals surface area (Å²) in [6.07, 6.45) is 4.41. The fourth-order valence-electron chi connectivity index (χ4n) is 3.91. The number of aliphatic hydroxyl groups excluding tert-OH is 1. The lowest BCUT2D eigenvalue weighted by Gasteiger charge is -2.29. The minimum Gasteiger partial charge on any atom is -0.481 e. The number of nitrogens with one attached hydrogen (secondary N) is 2. The zero-order chi connectivity index (χ0) is 21.2. The van der Waals surface area contributed by atoms with Gasteiger partial charge in [-0.3, -0.25) is 9.78 Å². The number of aromatic amines is 1. The molecule has 0 bridgehead atoms. The lowest BCUT2D eigenvalue weighted by molar-refractivity contribution is -0.121. The number of para-hydroxylation sites is 1. The summed E-state index contributed by atoms with van der Waals surface area (Å²) in [6, 6.07) is 17.5. The van der Waals surface area contributed by atoms with Crippen LogP contribution in [0, 0.1) is 0 Å². The SMILES string of the molecule is O=C1COc2cc(Nc3ccnc(CO)c3)ccc2N1CCc1c[nH]c2ccccc12. The van der Waals surface area contributed by atoms with Crippen molar-refractivity contribution >= 4 is 33.9 Å². The van der Waals surface area contributed by atoms with Crippen molar-refractivity contribution in [1.29, 1.82) is 0 Å². The van der Waals surface area contributed by atoms with Crippen LogP contribution >= 0.6 is 0 Å². The third-order valence-corrected chi connectivity index (χ3v) is 5.45. The van der Waals surface area contributed by atoms with E-state index in [0.717, 1.165) is 29.0 Å². The average Bonchev–Trinajstić information content (AvgIpc) is 3.22. The van der Waals surface area contributed by atoms with Gasteiger partial charge in [-0.25, -0.2) is 0 Å². The lowest BCUT2D eigenvalue weighted by Crippen LogP contribution is -2.40. The van der Waals surface area contributed by atoms with Crippen LogP contribution in [-0.4, -0.2) is 34.1 Å². The average molecular weight is 414 g/mol. The van der Waals surface area contributed by atoms with Crippen molar-refractivity contribution in [3.05, 3.63) is 78.2 Å². The Kier molecular flexibility index (Phi) is 5.01. The molecule has 0 saturated heterocycles. The van der Waals surface area contributed by atoms with Gasteiger partial charge in [0.15, 0.2) is 6.61 Å². The van der Waals surface area contributed by atoms with Crippen molar-refractivity contribution in [3.63, 3.8) is 0 Å². The van der Waals surface area contributed by atoms with E-state index < -0.39 is 0 Å². The van der Waals surface area contributed by atoms with Crippen LogP contribution in [0.15, 0.2) is 67.0 Å². The Morgan fingerprint density at radius 1 is 1.13 bits per heavy atom. The van der Waals surface area contributed by atoms with Gasteiger partial charge in [-0.2, -0.15) is 0 Å². The number of aromatic nitrogens is 2. The topological polar surface area (TPSA) is 90.5 Å². The number of pyridine rings is 1. The number of carbonyl (C=O) groups is 1. The molecule has 0 spiro atoms. The molecule has 2 aromatic heterocycles.